The predicted octanol–water partition coefficient (Wildman–Crippen LogP) is 5.71. The lowest BCUT2D eigenvalue weighted by Gasteiger charge is -2.32. The molecule has 0 heterocycles. The van der Waals surface area contributed by atoms with E-state index in [2.05, 4.69) is 51.1 Å². The second kappa shape index (κ2) is 7.53. The van der Waals surface area contributed by atoms with Crippen molar-refractivity contribution in [2.45, 2.75) is 71.1 Å². The van der Waals surface area contributed by atoms with Gasteiger partial charge in [-0.25, -0.2) is 0 Å². The Hall–Kier alpha value is -0.780. The van der Waals surface area contributed by atoms with Crippen molar-refractivity contribution in [3.8, 4) is 0 Å². The van der Waals surface area contributed by atoms with Crippen LogP contribution in [0.2, 0.25) is 0 Å². The fraction of sp³-hybridized carbons (Fsp3) is 0.647. The average Bonchev–Trinajstić information content (AvgIpc) is 2.41. The van der Waals surface area contributed by atoms with Crippen molar-refractivity contribution >= 4 is 0 Å². The summed E-state index contributed by atoms with van der Waals surface area (Å²) >= 11 is 0. The van der Waals surface area contributed by atoms with Crippen LogP contribution in [0.4, 0.5) is 0 Å². The van der Waals surface area contributed by atoms with Crippen molar-refractivity contribution < 1.29 is 0 Å². The normalized spacial score (nSPS) is 11.7. The number of benzene rings is 1. The Morgan fingerprint density at radius 1 is 0.824 bits per heavy atom. The Morgan fingerprint density at radius 3 is 2.00 bits per heavy atom. The summed E-state index contributed by atoms with van der Waals surface area (Å²) in [5.74, 6) is 0. The van der Waals surface area contributed by atoms with E-state index < -0.39 is 0 Å². The van der Waals surface area contributed by atoms with Gasteiger partial charge in [0.2, 0.25) is 0 Å². The highest BCUT2D eigenvalue weighted by Crippen LogP contribution is 2.36. The summed E-state index contributed by atoms with van der Waals surface area (Å²) < 4.78 is 0. The molecule has 1 aromatic rings. The molecule has 0 unspecified atom stereocenters. The molecule has 0 fully saturated rings. The topological polar surface area (TPSA) is 0 Å². The Kier molecular flexibility index (Phi) is 6.32. The molecule has 0 nitrogen and oxygen atoms in total. The van der Waals surface area contributed by atoms with Gasteiger partial charge < -0.3 is 0 Å². The summed E-state index contributed by atoms with van der Waals surface area (Å²) in [4.78, 5) is 0. The zero-order chi connectivity index (χ0) is 12.6. The van der Waals surface area contributed by atoms with Gasteiger partial charge in [-0.3, -0.25) is 0 Å². The van der Waals surface area contributed by atoms with E-state index in [0.29, 0.717) is 5.41 Å². The lowest BCUT2D eigenvalue weighted by atomic mass is 9.72. The van der Waals surface area contributed by atoms with Crippen molar-refractivity contribution in [3.05, 3.63) is 35.9 Å². The Balaban J connectivity index is 2.68. The molecule has 0 N–H and O–H groups in total. The molecule has 96 valence electrons. The summed E-state index contributed by atoms with van der Waals surface area (Å²) in [6, 6.07) is 11.1. The maximum atomic E-state index is 2.34. The average molecular weight is 232 g/mol. The first kappa shape index (κ1) is 14.3. The van der Waals surface area contributed by atoms with Crippen LogP contribution in [-0.4, -0.2) is 0 Å². The van der Waals surface area contributed by atoms with Crippen LogP contribution < -0.4 is 0 Å². The summed E-state index contributed by atoms with van der Waals surface area (Å²) in [6.07, 6.45) is 9.37. The lowest BCUT2D eigenvalue weighted by Crippen LogP contribution is -2.24. The molecule has 0 aromatic heterocycles. The summed E-state index contributed by atoms with van der Waals surface area (Å²) in [6.45, 7) is 6.97. The third kappa shape index (κ3) is 3.87. The van der Waals surface area contributed by atoms with E-state index in [-0.39, 0.29) is 0 Å². The van der Waals surface area contributed by atoms with Gasteiger partial charge in [0.1, 0.15) is 0 Å². The smallest absolute Gasteiger partial charge is 0.00522 e. The third-order valence-corrected chi connectivity index (χ3v) is 4.25. The van der Waals surface area contributed by atoms with Crippen molar-refractivity contribution in [2.24, 2.45) is 0 Å². The Bertz CT molecular complexity index is 282. The highest BCUT2D eigenvalue weighted by atomic mass is 14.3. The van der Waals surface area contributed by atoms with Crippen LogP contribution in [0.15, 0.2) is 30.3 Å². The van der Waals surface area contributed by atoms with Gasteiger partial charge in [0, 0.05) is 0 Å². The van der Waals surface area contributed by atoms with Crippen molar-refractivity contribution in [2.75, 3.05) is 0 Å². The highest BCUT2D eigenvalue weighted by molar-refractivity contribution is 5.25. The number of unbranched alkanes of at least 4 members (excludes halogenated alkanes) is 3. The van der Waals surface area contributed by atoms with Crippen molar-refractivity contribution in [3.63, 3.8) is 0 Å². The molecule has 1 rings (SSSR count). The Morgan fingerprint density at radius 2 is 1.47 bits per heavy atom. The molecular weight excluding hydrogens is 204 g/mol. The van der Waals surface area contributed by atoms with E-state index in [1.54, 1.807) is 5.56 Å². The zero-order valence-corrected chi connectivity index (χ0v) is 11.8. The molecule has 0 heteroatoms. The molecule has 0 amide bonds. The minimum Gasteiger partial charge on any atom is -0.0654 e. The molecule has 0 bridgehead atoms. The SMILES string of the molecule is CCCCCCC(CC)(CC)c1ccccc1. The van der Waals surface area contributed by atoms with Crippen molar-refractivity contribution in [1.82, 2.24) is 0 Å². The van der Waals surface area contributed by atoms with Gasteiger partial charge in [-0.05, 0) is 30.2 Å². The summed E-state index contributed by atoms with van der Waals surface area (Å²) in [5, 5.41) is 0. The number of hydrogen-bond acceptors (Lipinski definition) is 0. The second-order valence-corrected chi connectivity index (χ2v) is 5.16. The number of hydrogen-bond donors (Lipinski definition) is 0. The molecule has 0 radical (unpaired) electrons. The molecule has 0 saturated heterocycles. The maximum absolute atomic E-state index is 2.34. The van der Waals surface area contributed by atoms with Crippen LogP contribution in [0, 0.1) is 0 Å². The van der Waals surface area contributed by atoms with Crippen LogP contribution in [-0.2, 0) is 5.41 Å². The van der Waals surface area contributed by atoms with E-state index in [0.717, 1.165) is 0 Å². The monoisotopic (exact) mass is 232 g/mol. The summed E-state index contributed by atoms with van der Waals surface area (Å²) in [7, 11) is 0. The van der Waals surface area contributed by atoms with E-state index in [4.69, 9.17) is 0 Å². The van der Waals surface area contributed by atoms with Gasteiger partial charge in [0.25, 0.3) is 0 Å². The van der Waals surface area contributed by atoms with Gasteiger partial charge in [-0.15, -0.1) is 0 Å². The van der Waals surface area contributed by atoms with E-state index >= 15 is 0 Å². The fourth-order valence-electron chi connectivity index (χ4n) is 2.84. The first-order chi connectivity index (χ1) is 8.29. The predicted molar refractivity (Wildman–Crippen MR) is 77.5 cm³/mol. The van der Waals surface area contributed by atoms with Crippen LogP contribution in [0.25, 0.3) is 0 Å². The minimum atomic E-state index is 0.426. The first-order valence-electron chi connectivity index (χ1n) is 7.34. The molecule has 0 saturated carbocycles. The van der Waals surface area contributed by atoms with E-state index in [1.807, 2.05) is 0 Å². The molecule has 0 aliphatic carbocycles. The molecule has 0 atom stereocenters. The highest BCUT2D eigenvalue weighted by Gasteiger charge is 2.27. The summed E-state index contributed by atoms with van der Waals surface area (Å²) in [5.41, 5.74) is 1.97. The molecule has 0 aliphatic rings. The van der Waals surface area contributed by atoms with Gasteiger partial charge in [-0.1, -0.05) is 76.8 Å². The lowest BCUT2D eigenvalue weighted by molar-refractivity contribution is 0.349. The van der Waals surface area contributed by atoms with E-state index in [9.17, 15) is 0 Å². The van der Waals surface area contributed by atoms with Gasteiger partial charge in [-0.2, -0.15) is 0 Å². The van der Waals surface area contributed by atoms with Crippen molar-refractivity contribution in [1.29, 1.82) is 0 Å². The molecule has 0 spiro atoms. The third-order valence-electron chi connectivity index (χ3n) is 4.25. The van der Waals surface area contributed by atoms with Crippen LogP contribution in [0.5, 0.6) is 0 Å². The largest absolute Gasteiger partial charge is 0.0654 e. The van der Waals surface area contributed by atoms with Gasteiger partial charge >= 0.3 is 0 Å². The first-order valence-corrected chi connectivity index (χ1v) is 7.34. The molecular formula is C17H28. The van der Waals surface area contributed by atoms with E-state index in [1.165, 1.54) is 44.9 Å². The standard InChI is InChI=1S/C17H28/c1-4-7-8-12-15-17(5-2,6-3)16-13-10-9-11-14-16/h9-11,13-14H,4-8,12,15H2,1-3H3. The van der Waals surface area contributed by atoms with Crippen LogP contribution in [0.3, 0.4) is 0 Å². The van der Waals surface area contributed by atoms with Crippen LogP contribution in [0.1, 0.15) is 71.3 Å². The maximum Gasteiger partial charge on any atom is -0.00522 e. The van der Waals surface area contributed by atoms with Crippen LogP contribution >= 0.6 is 0 Å². The van der Waals surface area contributed by atoms with Gasteiger partial charge in [0.15, 0.2) is 0 Å². The molecule has 1 aromatic carbocycles. The number of rotatable bonds is 8. The Labute approximate surface area is 107 Å². The second-order valence-electron chi connectivity index (χ2n) is 5.16. The molecule has 17 heavy (non-hydrogen) atoms. The molecule has 0 aliphatic heterocycles. The van der Waals surface area contributed by atoms with Gasteiger partial charge in [0.05, 0.1) is 0 Å². The zero-order valence-electron chi connectivity index (χ0n) is 11.8. The minimum absolute atomic E-state index is 0.426. The quantitative estimate of drug-likeness (QED) is 0.503. The fourth-order valence-corrected chi connectivity index (χ4v) is 2.84.